The van der Waals surface area contributed by atoms with Gasteiger partial charge in [-0.3, -0.25) is 0 Å². The summed E-state index contributed by atoms with van der Waals surface area (Å²) >= 11 is 7.41. The summed E-state index contributed by atoms with van der Waals surface area (Å²) in [6.07, 6.45) is 0.393. The van der Waals surface area contributed by atoms with E-state index in [2.05, 4.69) is 4.74 Å². The molecular formula is C17H17ClO5S2. The van der Waals surface area contributed by atoms with Crippen molar-refractivity contribution in [3.63, 3.8) is 0 Å². The summed E-state index contributed by atoms with van der Waals surface area (Å²) in [7, 11) is -1.95. The maximum atomic E-state index is 11.5. The van der Waals surface area contributed by atoms with Gasteiger partial charge in [-0.1, -0.05) is 23.4 Å². The first-order valence-electron chi connectivity index (χ1n) is 7.22. The van der Waals surface area contributed by atoms with Gasteiger partial charge >= 0.3 is 5.97 Å². The fourth-order valence-electron chi connectivity index (χ4n) is 1.95. The quantitative estimate of drug-likeness (QED) is 0.686. The number of methoxy groups -OCH3 is 1. The molecular weight excluding hydrogens is 384 g/mol. The topological polar surface area (TPSA) is 69.7 Å². The fourth-order valence-corrected chi connectivity index (χ4v) is 3.74. The van der Waals surface area contributed by atoms with Crippen molar-refractivity contribution in [2.75, 3.05) is 13.4 Å². The lowest BCUT2D eigenvalue weighted by molar-refractivity contribution is -0.148. The summed E-state index contributed by atoms with van der Waals surface area (Å²) in [5.41, 5.74) is 0. The van der Waals surface area contributed by atoms with E-state index in [-0.39, 0.29) is 4.90 Å². The monoisotopic (exact) mass is 400 g/mol. The summed E-state index contributed by atoms with van der Waals surface area (Å²) < 4.78 is 33.4. The van der Waals surface area contributed by atoms with Crippen molar-refractivity contribution >= 4 is 39.2 Å². The number of halogens is 1. The second kappa shape index (κ2) is 8.12. The van der Waals surface area contributed by atoms with Crippen LogP contribution in [0.25, 0.3) is 0 Å². The number of carbonyl (C=O) groups is 1. The number of benzene rings is 2. The van der Waals surface area contributed by atoms with Gasteiger partial charge in [-0.2, -0.15) is 0 Å². The van der Waals surface area contributed by atoms with Crippen molar-refractivity contribution in [2.45, 2.75) is 27.7 Å². The van der Waals surface area contributed by atoms with Crippen molar-refractivity contribution in [2.24, 2.45) is 0 Å². The molecule has 0 aromatic heterocycles. The Morgan fingerprint density at radius 2 is 1.80 bits per heavy atom. The van der Waals surface area contributed by atoms with Crippen LogP contribution in [-0.2, 0) is 19.4 Å². The predicted octanol–water partition coefficient (Wildman–Crippen LogP) is 3.84. The molecule has 5 nitrogen and oxygen atoms in total. The van der Waals surface area contributed by atoms with Crippen molar-refractivity contribution in [3.8, 4) is 5.75 Å². The average Bonchev–Trinajstić information content (AvgIpc) is 2.56. The van der Waals surface area contributed by atoms with Crippen LogP contribution in [0, 0.1) is 0 Å². The van der Waals surface area contributed by atoms with Crippen LogP contribution >= 0.6 is 23.4 Å². The number of rotatable bonds is 6. The maximum Gasteiger partial charge on any atom is 0.346 e. The Morgan fingerprint density at radius 3 is 2.36 bits per heavy atom. The molecule has 0 radical (unpaired) electrons. The molecule has 0 fully saturated rings. The van der Waals surface area contributed by atoms with Crippen LogP contribution in [0.4, 0.5) is 0 Å². The minimum Gasteiger partial charge on any atom is -0.478 e. The average molecular weight is 401 g/mol. The highest BCUT2D eigenvalue weighted by Gasteiger charge is 2.17. The molecule has 0 saturated carbocycles. The second-order valence-corrected chi connectivity index (χ2v) is 8.79. The summed E-state index contributed by atoms with van der Waals surface area (Å²) in [6, 6.07) is 11.5. The van der Waals surface area contributed by atoms with Crippen LogP contribution in [0.2, 0.25) is 5.02 Å². The van der Waals surface area contributed by atoms with E-state index in [1.807, 2.05) is 0 Å². The molecule has 134 valence electrons. The largest absolute Gasteiger partial charge is 0.478 e. The van der Waals surface area contributed by atoms with Gasteiger partial charge in [0.2, 0.25) is 0 Å². The Morgan fingerprint density at radius 1 is 1.16 bits per heavy atom. The highest BCUT2D eigenvalue weighted by Crippen LogP contribution is 2.37. The molecule has 0 aliphatic rings. The molecule has 0 spiro atoms. The molecule has 0 aliphatic carbocycles. The fraction of sp³-hybridized carbons (Fsp3) is 0.235. The summed E-state index contributed by atoms with van der Waals surface area (Å²) in [5, 5.41) is 0.522. The number of ether oxygens (including phenoxy) is 2. The molecule has 0 heterocycles. The van der Waals surface area contributed by atoms with E-state index in [0.29, 0.717) is 15.7 Å². The van der Waals surface area contributed by atoms with Crippen LogP contribution in [0.3, 0.4) is 0 Å². The van der Waals surface area contributed by atoms with Gasteiger partial charge in [0.1, 0.15) is 5.75 Å². The molecule has 2 rings (SSSR count). The molecule has 0 aliphatic heterocycles. The van der Waals surface area contributed by atoms with E-state index >= 15 is 0 Å². The minimum atomic E-state index is -3.24. The Balaban J connectivity index is 2.26. The number of esters is 1. The summed E-state index contributed by atoms with van der Waals surface area (Å²) in [5.74, 6) is 0.00268. The van der Waals surface area contributed by atoms with E-state index in [0.717, 1.165) is 11.2 Å². The van der Waals surface area contributed by atoms with E-state index in [1.54, 1.807) is 49.4 Å². The second-order valence-electron chi connectivity index (χ2n) is 5.22. The van der Waals surface area contributed by atoms with E-state index < -0.39 is 21.9 Å². The number of sulfone groups is 1. The molecule has 25 heavy (non-hydrogen) atoms. The minimum absolute atomic E-state index is 0.249. The highest BCUT2D eigenvalue weighted by atomic mass is 35.5. The Labute approximate surface area is 156 Å². The lowest BCUT2D eigenvalue weighted by Gasteiger charge is -2.16. The first-order chi connectivity index (χ1) is 11.7. The van der Waals surface area contributed by atoms with E-state index in [4.69, 9.17) is 16.3 Å². The van der Waals surface area contributed by atoms with Crippen molar-refractivity contribution in [1.29, 1.82) is 0 Å². The third-order valence-electron chi connectivity index (χ3n) is 3.22. The van der Waals surface area contributed by atoms with Gasteiger partial charge in [0.05, 0.1) is 16.9 Å². The van der Waals surface area contributed by atoms with Crippen LogP contribution in [-0.4, -0.2) is 33.9 Å². The third kappa shape index (κ3) is 5.39. The zero-order chi connectivity index (χ0) is 18.6. The smallest absolute Gasteiger partial charge is 0.346 e. The Bertz CT molecular complexity index is 863. The standard InChI is InChI=1S/C17H17ClO5S2/c1-11(17(19)22-2)23-15-9-4-12(18)10-16(15)24-13-5-7-14(8-6-13)25(3,20)21/h4-11H,1-3H3/t11-/m1/s1. The van der Waals surface area contributed by atoms with Crippen LogP contribution in [0.15, 0.2) is 57.2 Å². The first-order valence-corrected chi connectivity index (χ1v) is 10.3. The van der Waals surface area contributed by atoms with Gasteiger partial charge in [0.25, 0.3) is 0 Å². The number of hydrogen-bond donors (Lipinski definition) is 0. The predicted molar refractivity (Wildman–Crippen MR) is 97.2 cm³/mol. The lowest BCUT2D eigenvalue weighted by Crippen LogP contribution is -2.25. The molecule has 8 heteroatoms. The molecule has 2 aromatic carbocycles. The normalized spacial score (nSPS) is 12.5. The van der Waals surface area contributed by atoms with E-state index in [1.165, 1.54) is 18.9 Å². The van der Waals surface area contributed by atoms with Gasteiger partial charge in [-0.25, -0.2) is 13.2 Å². The molecule has 0 unspecified atom stereocenters. The number of carbonyl (C=O) groups excluding carboxylic acids is 1. The van der Waals surface area contributed by atoms with Crippen molar-refractivity contribution < 1.29 is 22.7 Å². The van der Waals surface area contributed by atoms with Gasteiger partial charge in [0.15, 0.2) is 15.9 Å². The van der Waals surface area contributed by atoms with Crippen molar-refractivity contribution in [3.05, 3.63) is 47.5 Å². The van der Waals surface area contributed by atoms with Gasteiger partial charge < -0.3 is 9.47 Å². The SMILES string of the molecule is COC(=O)[C@@H](C)Oc1ccc(Cl)cc1Sc1ccc(S(C)(=O)=O)cc1. The third-order valence-corrected chi connectivity index (χ3v) is 5.63. The van der Waals surface area contributed by atoms with Crippen LogP contribution in [0.1, 0.15) is 6.92 Å². The van der Waals surface area contributed by atoms with Crippen molar-refractivity contribution in [1.82, 2.24) is 0 Å². The Kier molecular flexibility index (Phi) is 6.37. The van der Waals surface area contributed by atoms with Gasteiger partial charge in [0, 0.05) is 16.2 Å². The first kappa shape index (κ1) is 19.6. The van der Waals surface area contributed by atoms with E-state index in [9.17, 15) is 13.2 Å². The highest BCUT2D eigenvalue weighted by molar-refractivity contribution is 7.99. The maximum absolute atomic E-state index is 11.5. The summed E-state index contributed by atoms with van der Waals surface area (Å²) in [4.78, 5) is 13.3. The molecule has 0 saturated heterocycles. The molecule has 0 amide bonds. The zero-order valence-electron chi connectivity index (χ0n) is 13.9. The lowest BCUT2D eigenvalue weighted by atomic mass is 10.3. The van der Waals surface area contributed by atoms with Crippen LogP contribution in [0.5, 0.6) is 5.75 Å². The molecule has 0 N–H and O–H groups in total. The van der Waals surface area contributed by atoms with Crippen LogP contribution < -0.4 is 4.74 Å². The zero-order valence-corrected chi connectivity index (χ0v) is 16.2. The molecule has 0 bridgehead atoms. The molecule has 1 atom stereocenters. The Hall–Kier alpha value is -1.70. The number of hydrogen-bond acceptors (Lipinski definition) is 6. The van der Waals surface area contributed by atoms with Gasteiger partial charge in [-0.05, 0) is 49.4 Å². The van der Waals surface area contributed by atoms with Gasteiger partial charge in [-0.15, -0.1) is 0 Å². The molecule has 2 aromatic rings. The summed E-state index contributed by atoms with van der Waals surface area (Å²) in [6.45, 7) is 1.59.